The van der Waals surface area contributed by atoms with E-state index in [9.17, 15) is 13.5 Å². The fourth-order valence-corrected chi connectivity index (χ4v) is 4.14. The summed E-state index contributed by atoms with van der Waals surface area (Å²) in [5.41, 5.74) is 1.47. The lowest BCUT2D eigenvalue weighted by atomic mass is 9.86. The molecular weight excluding hydrogens is 404 g/mol. The summed E-state index contributed by atoms with van der Waals surface area (Å²) in [7, 11) is -0.521. The molecule has 0 saturated heterocycles. The Morgan fingerprint density at radius 3 is 2.50 bits per heavy atom. The van der Waals surface area contributed by atoms with Gasteiger partial charge in [0.15, 0.2) is 0 Å². The fourth-order valence-electron chi connectivity index (χ4n) is 3.64. The Balaban J connectivity index is 1.95. The molecule has 0 spiro atoms. The molecule has 0 fully saturated rings. The maximum atomic E-state index is 12.1. The number of nitrogens with one attached hydrogen (secondary N) is 1. The third-order valence-corrected chi connectivity index (χ3v) is 6.70. The average molecular weight is 435 g/mol. The van der Waals surface area contributed by atoms with E-state index in [0.29, 0.717) is 23.7 Å². The van der Waals surface area contributed by atoms with Crippen molar-refractivity contribution >= 4 is 15.7 Å². The van der Waals surface area contributed by atoms with Crippen molar-refractivity contribution in [1.29, 1.82) is 0 Å². The number of fused-ring (bicyclic) bond motifs is 1. The molecule has 1 aliphatic rings. The molecule has 2 unspecified atom stereocenters. The van der Waals surface area contributed by atoms with E-state index < -0.39 is 21.7 Å². The number of aliphatic hydroxyl groups excluding tert-OH is 1. The van der Waals surface area contributed by atoms with Gasteiger partial charge in [-0.25, -0.2) is 8.42 Å². The molecule has 2 aromatic carbocycles. The van der Waals surface area contributed by atoms with Crippen LogP contribution in [-0.2, 0) is 16.4 Å². The van der Waals surface area contributed by atoms with Gasteiger partial charge in [0.1, 0.15) is 23.2 Å². The molecule has 0 bridgehead atoms. The number of methoxy groups -OCH3 is 1. The molecule has 3 rings (SSSR count). The summed E-state index contributed by atoms with van der Waals surface area (Å²) >= 11 is 0. The molecule has 0 aromatic heterocycles. The number of benzene rings is 2. The number of aliphatic hydroxyl groups is 1. The van der Waals surface area contributed by atoms with Gasteiger partial charge in [0.05, 0.1) is 25.1 Å². The van der Waals surface area contributed by atoms with Crippen LogP contribution in [0.1, 0.15) is 31.0 Å². The normalized spacial score (nSPS) is 20.2. The third kappa shape index (κ3) is 4.55. The molecule has 1 aliphatic heterocycles. The highest BCUT2D eigenvalue weighted by atomic mass is 32.2. The van der Waals surface area contributed by atoms with Crippen LogP contribution < -0.4 is 19.1 Å². The van der Waals surface area contributed by atoms with Crippen LogP contribution in [0, 0.1) is 0 Å². The summed E-state index contributed by atoms with van der Waals surface area (Å²) in [4.78, 5) is 0. The summed E-state index contributed by atoms with van der Waals surface area (Å²) in [6.07, 6.45) is 1.14. The van der Waals surface area contributed by atoms with Crippen LogP contribution in [0.4, 0.5) is 5.69 Å². The smallest absolute Gasteiger partial charge is 0.232 e. The first-order valence-electron chi connectivity index (χ1n) is 9.85. The van der Waals surface area contributed by atoms with Crippen LogP contribution in [0.15, 0.2) is 42.5 Å². The predicted molar refractivity (Wildman–Crippen MR) is 118 cm³/mol. The Kier molecular flexibility index (Phi) is 6.31. The zero-order chi connectivity index (χ0) is 22.1. The van der Waals surface area contributed by atoms with E-state index in [2.05, 4.69) is 17.4 Å². The molecule has 0 amide bonds. The van der Waals surface area contributed by atoms with E-state index in [1.807, 2.05) is 32.0 Å². The quantitative estimate of drug-likeness (QED) is 0.696. The maximum Gasteiger partial charge on any atom is 0.232 e. The van der Waals surface area contributed by atoms with Gasteiger partial charge in [-0.05, 0) is 38.4 Å². The number of anilines is 1. The highest BCUT2D eigenvalue weighted by Gasteiger charge is 2.43. The van der Waals surface area contributed by atoms with E-state index in [4.69, 9.17) is 9.47 Å². The summed E-state index contributed by atoms with van der Waals surface area (Å²) in [5, 5.41) is 14.4. The van der Waals surface area contributed by atoms with Crippen molar-refractivity contribution in [3.63, 3.8) is 0 Å². The van der Waals surface area contributed by atoms with Crippen molar-refractivity contribution in [2.24, 2.45) is 0 Å². The van der Waals surface area contributed by atoms with Crippen molar-refractivity contribution < 1.29 is 23.0 Å². The lowest BCUT2D eigenvalue weighted by molar-refractivity contribution is -0.0644. The van der Waals surface area contributed by atoms with Gasteiger partial charge in [-0.2, -0.15) is 0 Å². The second kappa shape index (κ2) is 8.45. The number of sulfonamides is 1. The van der Waals surface area contributed by atoms with Crippen molar-refractivity contribution in [1.82, 2.24) is 5.32 Å². The molecule has 0 saturated carbocycles. The third-order valence-electron chi connectivity index (χ3n) is 5.50. The first-order valence-corrected chi connectivity index (χ1v) is 11.7. The predicted octanol–water partition coefficient (Wildman–Crippen LogP) is 2.50. The SMILES string of the molecule is COc1cc2c(cc1N(C)S(C)(=O)=O)OC(C)(C)C(O)C2NCCc1ccccc1. The molecule has 2 atom stereocenters. The van der Waals surface area contributed by atoms with Gasteiger partial charge in [0, 0.05) is 18.7 Å². The minimum atomic E-state index is -3.48. The van der Waals surface area contributed by atoms with Gasteiger partial charge in [-0.15, -0.1) is 0 Å². The van der Waals surface area contributed by atoms with E-state index >= 15 is 0 Å². The van der Waals surface area contributed by atoms with Gasteiger partial charge in [0.25, 0.3) is 0 Å². The minimum Gasteiger partial charge on any atom is -0.495 e. The zero-order valence-corrected chi connectivity index (χ0v) is 18.9. The van der Waals surface area contributed by atoms with Crippen molar-refractivity contribution in [3.05, 3.63) is 53.6 Å². The van der Waals surface area contributed by atoms with E-state index in [0.717, 1.165) is 22.5 Å². The molecule has 164 valence electrons. The Morgan fingerprint density at radius 1 is 1.23 bits per heavy atom. The van der Waals surface area contributed by atoms with E-state index in [1.54, 1.807) is 12.1 Å². The van der Waals surface area contributed by atoms with Gasteiger partial charge in [0.2, 0.25) is 10.0 Å². The number of rotatable bonds is 7. The number of nitrogens with zero attached hydrogens (tertiary/aromatic N) is 1. The van der Waals surface area contributed by atoms with Gasteiger partial charge in [-0.1, -0.05) is 30.3 Å². The molecule has 7 nitrogen and oxygen atoms in total. The van der Waals surface area contributed by atoms with Crippen molar-refractivity contribution in [2.75, 3.05) is 31.3 Å². The Morgan fingerprint density at radius 2 is 1.90 bits per heavy atom. The lowest BCUT2D eigenvalue weighted by Gasteiger charge is -2.43. The van der Waals surface area contributed by atoms with Crippen LogP contribution in [0.25, 0.3) is 0 Å². The lowest BCUT2D eigenvalue weighted by Crippen LogP contribution is -2.52. The number of ether oxygens (including phenoxy) is 2. The van der Waals surface area contributed by atoms with Crippen LogP contribution in [-0.4, -0.2) is 52.2 Å². The Bertz CT molecular complexity index is 992. The number of hydrogen-bond acceptors (Lipinski definition) is 6. The van der Waals surface area contributed by atoms with Crippen LogP contribution in [0.3, 0.4) is 0 Å². The maximum absolute atomic E-state index is 12.1. The highest BCUT2D eigenvalue weighted by Crippen LogP contribution is 2.45. The Hall–Kier alpha value is -2.29. The first kappa shape index (κ1) is 22.4. The summed E-state index contributed by atoms with van der Waals surface area (Å²) < 4.78 is 36.8. The van der Waals surface area contributed by atoms with Gasteiger partial charge < -0.3 is 19.9 Å². The average Bonchev–Trinajstić information content (AvgIpc) is 2.69. The van der Waals surface area contributed by atoms with Crippen LogP contribution >= 0.6 is 0 Å². The summed E-state index contributed by atoms with van der Waals surface area (Å²) in [5.74, 6) is 0.917. The van der Waals surface area contributed by atoms with E-state index in [1.165, 1.54) is 19.7 Å². The van der Waals surface area contributed by atoms with Crippen LogP contribution in [0.2, 0.25) is 0 Å². The highest BCUT2D eigenvalue weighted by molar-refractivity contribution is 7.92. The Labute approximate surface area is 178 Å². The molecular formula is C22H30N2O5S. The first-order chi connectivity index (χ1) is 14.0. The van der Waals surface area contributed by atoms with Crippen molar-refractivity contribution in [2.45, 2.75) is 38.0 Å². The molecule has 2 aromatic rings. The van der Waals surface area contributed by atoms with E-state index in [-0.39, 0.29) is 6.04 Å². The fraction of sp³-hybridized carbons (Fsp3) is 0.455. The molecule has 0 aliphatic carbocycles. The van der Waals surface area contributed by atoms with Crippen molar-refractivity contribution in [3.8, 4) is 11.5 Å². The molecule has 8 heteroatoms. The summed E-state index contributed by atoms with van der Waals surface area (Å²) in [6.45, 7) is 4.29. The minimum absolute atomic E-state index is 0.383. The standard InChI is InChI=1S/C22H30N2O5S/c1-22(2)21(25)20(23-12-11-15-9-7-6-8-10-15)16-13-19(28-4)17(14-18(16)29-22)24(3)30(5,26)27/h6-10,13-14,20-21,23,25H,11-12H2,1-5H3. The van der Waals surface area contributed by atoms with Gasteiger partial charge >= 0.3 is 0 Å². The van der Waals surface area contributed by atoms with Crippen LogP contribution in [0.5, 0.6) is 11.5 Å². The molecule has 30 heavy (non-hydrogen) atoms. The topological polar surface area (TPSA) is 88.1 Å². The number of hydrogen-bond donors (Lipinski definition) is 2. The molecule has 1 heterocycles. The molecule has 2 N–H and O–H groups in total. The zero-order valence-electron chi connectivity index (χ0n) is 18.0. The largest absolute Gasteiger partial charge is 0.495 e. The summed E-state index contributed by atoms with van der Waals surface area (Å²) in [6, 6.07) is 13.1. The second-order valence-corrected chi connectivity index (χ2v) is 10.1. The second-order valence-electron chi connectivity index (χ2n) is 8.11. The molecule has 0 radical (unpaired) electrons. The van der Waals surface area contributed by atoms with Gasteiger partial charge in [-0.3, -0.25) is 4.31 Å². The monoisotopic (exact) mass is 434 g/mol.